The van der Waals surface area contributed by atoms with E-state index in [1.807, 2.05) is 12.1 Å². The predicted octanol–water partition coefficient (Wildman–Crippen LogP) is 2.65. The number of anilines is 2. The summed E-state index contributed by atoms with van der Waals surface area (Å²) in [7, 11) is 0. The van der Waals surface area contributed by atoms with Gasteiger partial charge in [-0.3, -0.25) is 0 Å². The lowest BCUT2D eigenvalue weighted by atomic mass is 9.87. The molecular weight excluding hydrogens is 186 g/mol. The van der Waals surface area contributed by atoms with Gasteiger partial charge in [0.1, 0.15) is 5.82 Å². The SMILES string of the molecule is CC1CCCC(Nc2ncccc2N)C1. The monoisotopic (exact) mass is 205 g/mol. The molecule has 0 bridgehead atoms. The maximum absolute atomic E-state index is 5.85. The Bertz CT molecular complexity index is 324. The predicted molar refractivity (Wildman–Crippen MR) is 63.7 cm³/mol. The summed E-state index contributed by atoms with van der Waals surface area (Å²) in [6.45, 7) is 2.32. The topological polar surface area (TPSA) is 50.9 Å². The van der Waals surface area contributed by atoms with Crippen LogP contribution in [0, 0.1) is 5.92 Å². The van der Waals surface area contributed by atoms with Crippen LogP contribution in [0.2, 0.25) is 0 Å². The Hall–Kier alpha value is -1.25. The molecule has 0 amide bonds. The molecule has 82 valence electrons. The van der Waals surface area contributed by atoms with Gasteiger partial charge in [-0.15, -0.1) is 0 Å². The number of pyridine rings is 1. The highest BCUT2D eigenvalue weighted by Crippen LogP contribution is 2.26. The van der Waals surface area contributed by atoms with E-state index >= 15 is 0 Å². The second-order valence-electron chi connectivity index (χ2n) is 4.55. The Morgan fingerprint density at radius 1 is 1.47 bits per heavy atom. The lowest BCUT2D eigenvalue weighted by Crippen LogP contribution is -2.27. The molecule has 1 heterocycles. The third-order valence-electron chi connectivity index (χ3n) is 3.12. The van der Waals surface area contributed by atoms with E-state index in [9.17, 15) is 0 Å². The Kier molecular flexibility index (Phi) is 3.09. The first-order valence-corrected chi connectivity index (χ1v) is 5.72. The molecular formula is C12H19N3. The lowest BCUT2D eigenvalue weighted by Gasteiger charge is -2.28. The van der Waals surface area contributed by atoms with Crippen molar-refractivity contribution in [1.82, 2.24) is 4.98 Å². The maximum Gasteiger partial charge on any atom is 0.149 e. The van der Waals surface area contributed by atoms with Crippen LogP contribution in [-0.2, 0) is 0 Å². The Morgan fingerprint density at radius 3 is 3.07 bits per heavy atom. The van der Waals surface area contributed by atoms with Crippen LogP contribution in [-0.4, -0.2) is 11.0 Å². The highest BCUT2D eigenvalue weighted by molar-refractivity contribution is 5.60. The molecule has 1 aromatic heterocycles. The first-order valence-electron chi connectivity index (χ1n) is 5.72. The zero-order valence-corrected chi connectivity index (χ0v) is 9.24. The smallest absolute Gasteiger partial charge is 0.149 e. The second kappa shape index (κ2) is 4.51. The molecule has 2 unspecified atom stereocenters. The molecule has 1 saturated carbocycles. The van der Waals surface area contributed by atoms with Gasteiger partial charge >= 0.3 is 0 Å². The summed E-state index contributed by atoms with van der Waals surface area (Å²) < 4.78 is 0. The van der Waals surface area contributed by atoms with Gasteiger partial charge in [0.2, 0.25) is 0 Å². The van der Waals surface area contributed by atoms with Gasteiger partial charge in [0.25, 0.3) is 0 Å². The van der Waals surface area contributed by atoms with Crippen LogP contribution in [0.1, 0.15) is 32.6 Å². The summed E-state index contributed by atoms with van der Waals surface area (Å²) in [4.78, 5) is 4.26. The van der Waals surface area contributed by atoms with Gasteiger partial charge in [-0.2, -0.15) is 0 Å². The fourth-order valence-electron chi connectivity index (χ4n) is 2.30. The van der Waals surface area contributed by atoms with Gasteiger partial charge < -0.3 is 11.1 Å². The summed E-state index contributed by atoms with van der Waals surface area (Å²) in [5.41, 5.74) is 6.59. The first kappa shape index (κ1) is 10.3. The van der Waals surface area contributed by atoms with Crippen LogP contribution in [0.3, 0.4) is 0 Å². The second-order valence-corrected chi connectivity index (χ2v) is 4.55. The molecule has 0 saturated heterocycles. The largest absolute Gasteiger partial charge is 0.396 e. The van der Waals surface area contributed by atoms with Crippen molar-refractivity contribution < 1.29 is 0 Å². The Morgan fingerprint density at radius 2 is 2.33 bits per heavy atom. The number of hydrogen-bond acceptors (Lipinski definition) is 3. The normalized spacial score (nSPS) is 26.2. The van der Waals surface area contributed by atoms with Gasteiger partial charge in [0, 0.05) is 12.2 Å². The van der Waals surface area contributed by atoms with Crippen LogP contribution in [0.4, 0.5) is 11.5 Å². The maximum atomic E-state index is 5.85. The van der Waals surface area contributed by atoms with Crippen molar-refractivity contribution in [2.24, 2.45) is 5.92 Å². The van der Waals surface area contributed by atoms with E-state index in [1.54, 1.807) is 6.20 Å². The zero-order valence-electron chi connectivity index (χ0n) is 9.24. The zero-order chi connectivity index (χ0) is 10.7. The van der Waals surface area contributed by atoms with Crippen LogP contribution >= 0.6 is 0 Å². The molecule has 0 aromatic carbocycles. The molecule has 3 heteroatoms. The highest BCUT2D eigenvalue weighted by atomic mass is 15.0. The van der Waals surface area contributed by atoms with E-state index in [-0.39, 0.29) is 0 Å². The molecule has 1 aliphatic rings. The van der Waals surface area contributed by atoms with Crippen molar-refractivity contribution in [2.45, 2.75) is 38.6 Å². The summed E-state index contributed by atoms with van der Waals surface area (Å²) in [6, 6.07) is 4.30. The minimum Gasteiger partial charge on any atom is -0.396 e. The van der Waals surface area contributed by atoms with E-state index in [0.717, 1.165) is 17.4 Å². The van der Waals surface area contributed by atoms with E-state index in [4.69, 9.17) is 5.73 Å². The molecule has 2 atom stereocenters. The number of nitrogens with two attached hydrogens (primary N) is 1. The summed E-state index contributed by atoms with van der Waals surface area (Å²) in [6.07, 6.45) is 6.92. The molecule has 2 rings (SSSR count). The van der Waals surface area contributed by atoms with Crippen molar-refractivity contribution in [3.05, 3.63) is 18.3 Å². The summed E-state index contributed by atoms with van der Waals surface area (Å²) in [5, 5.41) is 3.44. The fourth-order valence-corrected chi connectivity index (χ4v) is 2.30. The molecule has 1 aliphatic carbocycles. The van der Waals surface area contributed by atoms with Crippen LogP contribution in [0.5, 0.6) is 0 Å². The minimum atomic E-state index is 0.547. The number of nitrogens with one attached hydrogen (secondary N) is 1. The van der Waals surface area contributed by atoms with E-state index in [2.05, 4.69) is 17.2 Å². The number of nitrogen functional groups attached to an aromatic ring is 1. The molecule has 3 nitrogen and oxygen atoms in total. The van der Waals surface area contributed by atoms with E-state index in [1.165, 1.54) is 25.7 Å². The quantitative estimate of drug-likeness (QED) is 0.780. The molecule has 1 fully saturated rings. The molecule has 1 aromatic rings. The summed E-state index contributed by atoms with van der Waals surface area (Å²) in [5.74, 6) is 1.66. The van der Waals surface area contributed by atoms with Gasteiger partial charge in [-0.25, -0.2) is 4.98 Å². The molecule has 0 radical (unpaired) electrons. The van der Waals surface area contributed by atoms with Gasteiger partial charge in [-0.1, -0.05) is 19.8 Å². The van der Waals surface area contributed by atoms with Gasteiger partial charge in [0.15, 0.2) is 0 Å². The number of aromatic nitrogens is 1. The van der Waals surface area contributed by atoms with Crippen LogP contribution < -0.4 is 11.1 Å². The fraction of sp³-hybridized carbons (Fsp3) is 0.583. The Labute approximate surface area is 91.1 Å². The third kappa shape index (κ3) is 2.61. The average Bonchev–Trinajstić information content (AvgIpc) is 2.22. The van der Waals surface area contributed by atoms with Gasteiger partial charge in [-0.05, 0) is 30.9 Å². The van der Waals surface area contributed by atoms with Gasteiger partial charge in [0.05, 0.1) is 5.69 Å². The van der Waals surface area contributed by atoms with Crippen LogP contribution in [0.25, 0.3) is 0 Å². The van der Waals surface area contributed by atoms with Crippen molar-refractivity contribution in [3.63, 3.8) is 0 Å². The van der Waals surface area contributed by atoms with Crippen molar-refractivity contribution >= 4 is 11.5 Å². The average molecular weight is 205 g/mol. The van der Waals surface area contributed by atoms with Crippen molar-refractivity contribution in [2.75, 3.05) is 11.1 Å². The summed E-state index contributed by atoms with van der Waals surface area (Å²) >= 11 is 0. The molecule has 3 N–H and O–H groups in total. The molecule has 15 heavy (non-hydrogen) atoms. The lowest BCUT2D eigenvalue weighted by molar-refractivity contribution is 0.358. The van der Waals surface area contributed by atoms with Crippen molar-refractivity contribution in [1.29, 1.82) is 0 Å². The van der Waals surface area contributed by atoms with Crippen molar-refractivity contribution in [3.8, 4) is 0 Å². The van der Waals surface area contributed by atoms with Crippen LogP contribution in [0.15, 0.2) is 18.3 Å². The first-order chi connectivity index (χ1) is 7.25. The Balaban J connectivity index is 1.99. The van der Waals surface area contributed by atoms with E-state index < -0.39 is 0 Å². The number of hydrogen-bond donors (Lipinski definition) is 2. The standard InChI is InChI=1S/C12H19N3/c1-9-4-2-5-10(8-9)15-12-11(13)6-3-7-14-12/h3,6-7,9-10H,2,4-5,8,13H2,1H3,(H,14,15). The minimum absolute atomic E-state index is 0.547. The molecule has 0 spiro atoms. The van der Waals surface area contributed by atoms with E-state index in [0.29, 0.717) is 6.04 Å². The number of nitrogens with zero attached hydrogens (tertiary/aromatic N) is 1. The number of rotatable bonds is 2. The molecule has 0 aliphatic heterocycles. The highest BCUT2D eigenvalue weighted by Gasteiger charge is 2.19. The third-order valence-corrected chi connectivity index (χ3v) is 3.12.